The van der Waals surface area contributed by atoms with Crippen LogP contribution in [0.15, 0.2) is 76.6 Å². The number of carbonyl (C=O) groups excluding carboxylic acids is 1. The Kier molecular flexibility index (Phi) is 5.64. The summed E-state index contributed by atoms with van der Waals surface area (Å²) in [5, 5.41) is 2.50. The van der Waals surface area contributed by atoms with Crippen LogP contribution in [0.25, 0.3) is 10.8 Å². The van der Waals surface area contributed by atoms with Gasteiger partial charge in [0.1, 0.15) is 11.9 Å². The lowest BCUT2D eigenvalue weighted by atomic mass is 10.0. The maximum Gasteiger partial charge on any atom is 0.263 e. The van der Waals surface area contributed by atoms with E-state index in [9.17, 15) is 13.2 Å². The first-order chi connectivity index (χ1) is 15.9. The van der Waals surface area contributed by atoms with Gasteiger partial charge in [-0.25, -0.2) is 8.42 Å². The molecule has 33 heavy (non-hydrogen) atoms. The lowest BCUT2D eigenvalue weighted by molar-refractivity contribution is -0.133. The molecule has 2 aliphatic rings. The van der Waals surface area contributed by atoms with Crippen molar-refractivity contribution in [3.05, 3.63) is 77.9 Å². The van der Waals surface area contributed by atoms with Crippen LogP contribution in [-0.4, -0.2) is 62.2 Å². The van der Waals surface area contributed by atoms with Crippen molar-refractivity contribution in [3.8, 4) is 0 Å². The van der Waals surface area contributed by atoms with Crippen molar-refractivity contribution in [2.75, 3.05) is 26.2 Å². The highest BCUT2D eigenvalue weighted by Gasteiger charge is 2.32. The first-order valence-electron chi connectivity index (χ1n) is 11.1. The molecule has 2 heterocycles. The van der Waals surface area contributed by atoms with Gasteiger partial charge in [0, 0.05) is 38.3 Å². The van der Waals surface area contributed by atoms with Crippen LogP contribution in [0, 0.1) is 0 Å². The Morgan fingerprint density at radius 2 is 1.67 bits per heavy atom. The van der Waals surface area contributed by atoms with E-state index in [1.54, 1.807) is 31.2 Å². The number of amides is 1. The number of hydrogen-bond donors (Lipinski definition) is 1. The fraction of sp³-hybridized carbons (Fsp3) is 0.280. The lowest BCUT2D eigenvalue weighted by Crippen LogP contribution is -2.50. The van der Waals surface area contributed by atoms with E-state index in [4.69, 9.17) is 0 Å². The second kappa shape index (κ2) is 8.61. The topological polar surface area (TPSA) is 82.1 Å². The molecule has 0 radical (unpaired) electrons. The predicted molar refractivity (Wildman–Crippen MR) is 129 cm³/mol. The molecule has 3 aromatic carbocycles. The molecule has 1 amide bonds. The number of hydrogen-bond acceptors (Lipinski definition) is 5. The summed E-state index contributed by atoms with van der Waals surface area (Å²) in [5.41, 5.74) is 1.80. The molecule has 1 fully saturated rings. The summed E-state index contributed by atoms with van der Waals surface area (Å²) >= 11 is 0. The molecule has 0 unspecified atom stereocenters. The Morgan fingerprint density at radius 1 is 0.970 bits per heavy atom. The third-order valence-electron chi connectivity index (χ3n) is 6.30. The van der Waals surface area contributed by atoms with Crippen LogP contribution >= 0.6 is 0 Å². The predicted octanol–water partition coefficient (Wildman–Crippen LogP) is 2.61. The number of benzene rings is 3. The third-order valence-corrected chi connectivity index (χ3v) is 7.70. The average Bonchev–Trinajstić information content (AvgIpc) is 3.09. The van der Waals surface area contributed by atoms with Crippen molar-refractivity contribution in [2.45, 2.75) is 24.4 Å². The molecule has 7 nitrogen and oxygen atoms in total. The van der Waals surface area contributed by atoms with Crippen LogP contribution < -0.4 is 4.72 Å². The standard InChI is InChI=1S/C25H26N4O3S/c1-18(26-24-22-11-4-5-12-23(22)33(31,32)27-24)25(30)29-15-13-28(14-16-29)17-20-9-6-8-19-7-2-3-10-21(19)20/h2-12,18H,13-17H2,1H3,(H,26,27)/t18-/m0/s1. The van der Waals surface area contributed by atoms with Crippen molar-refractivity contribution >= 4 is 32.5 Å². The van der Waals surface area contributed by atoms with Gasteiger partial charge in [-0.1, -0.05) is 54.6 Å². The fourth-order valence-corrected chi connectivity index (χ4v) is 5.78. The van der Waals surface area contributed by atoms with Gasteiger partial charge in [-0.15, -0.1) is 0 Å². The number of nitrogens with one attached hydrogen (secondary N) is 1. The van der Waals surface area contributed by atoms with E-state index in [2.05, 4.69) is 57.1 Å². The molecule has 1 saturated heterocycles. The molecule has 3 aromatic rings. The minimum absolute atomic E-state index is 0.0871. The summed E-state index contributed by atoms with van der Waals surface area (Å²) in [5.74, 6) is 0.150. The van der Waals surface area contributed by atoms with Crippen LogP contribution in [0.4, 0.5) is 0 Å². The summed E-state index contributed by atoms with van der Waals surface area (Å²) < 4.78 is 27.1. The monoisotopic (exact) mass is 462 g/mol. The van der Waals surface area contributed by atoms with Gasteiger partial charge < -0.3 is 4.90 Å². The molecule has 0 aliphatic carbocycles. The number of nitrogens with zero attached hydrogens (tertiary/aromatic N) is 3. The van der Waals surface area contributed by atoms with Gasteiger partial charge in [0.15, 0.2) is 0 Å². The number of aliphatic imine (C=N–C) groups is 1. The van der Waals surface area contributed by atoms with Crippen molar-refractivity contribution in [1.29, 1.82) is 0 Å². The quantitative estimate of drug-likeness (QED) is 0.646. The van der Waals surface area contributed by atoms with E-state index in [0.717, 1.165) is 19.6 Å². The summed E-state index contributed by atoms with van der Waals surface area (Å²) in [4.78, 5) is 21.8. The Labute approximate surface area is 193 Å². The first kappa shape index (κ1) is 21.6. The highest BCUT2D eigenvalue weighted by molar-refractivity contribution is 7.90. The van der Waals surface area contributed by atoms with Crippen molar-refractivity contribution in [1.82, 2.24) is 14.5 Å². The highest BCUT2D eigenvalue weighted by atomic mass is 32.2. The van der Waals surface area contributed by atoms with Gasteiger partial charge in [-0.05, 0) is 35.4 Å². The summed E-state index contributed by atoms with van der Waals surface area (Å²) in [7, 11) is -3.62. The number of amidine groups is 1. The highest BCUT2D eigenvalue weighted by Crippen LogP contribution is 2.23. The Balaban J connectivity index is 1.23. The number of carbonyl (C=O) groups is 1. The zero-order valence-corrected chi connectivity index (χ0v) is 19.3. The normalized spacial score (nSPS) is 19.9. The van der Waals surface area contributed by atoms with Gasteiger partial charge in [-0.2, -0.15) is 0 Å². The summed E-state index contributed by atoms with van der Waals surface area (Å²) in [6.45, 7) is 5.39. The molecule has 170 valence electrons. The van der Waals surface area contributed by atoms with Crippen LogP contribution in [0.2, 0.25) is 0 Å². The molecule has 1 N–H and O–H groups in total. The van der Waals surface area contributed by atoms with E-state index in [1.807, 2.05) is 4.90 Å². The minimum atomic E-state index is -3.62. The largest absolute Gasteiger partial charge is 0.338 e. The maximum atomic E-state index is 13.0. The fourth-order valence-electron chi connectivity index (χ4n) is 4.54. The van der Waals surface area contributed by atoms with Crippen molar-refractivity contribution in [3.63, 3.8) is 0 Å². The van der Waals surface area contributed by atoms with E-state index < -0.39 is 16.1 Å². The second-order valence-electron chi connectivity index (χ2n) is 8.50. The lowest BCUT2D eigenvalue weighted by Gasteiger charge is -2.35. The molecule has 0 spiro atoms. The van der Waals surface area contributed by atoms with Gasteiger partial charge in [-0.3, -0.25) is 19.4 Å². The van der Waals surface area contributed by atoms with Crippen molar-refractivity contribution < 1.29 is 13.2 Å². The minimum Gasteiger partial charge on any atom is -0.338 e. The summed E-state index contributed by atoms with van der Waals surface area (Å²) in [6.07, 6.45) is 0. The molecular formula is C25H26N4O3S. The van der Waals surface area contributed by atoms with Crippen LogP contribution in [0.3, 0.4) is 0 Å². The molecule has 2 aliphatic heterocycles. The number of rotatable bonds is 4. The average molecular weight is 463 g/mol. The first-order valence-corrected chi connectivity index (χ1v) is 12.6. The van der Waals surface area contributed by atoms with Gasteiger partial charge in [0.2, 0.25) is 5.91 Å². The molecule has 5 rings (SSSR count). The van der Waals surface area contributed by atoms with E-state index in [0.29, 0.717) is 18.7 Å². The number of sulfonamides is 1. The molecule has 0 bridgehead atoms. The maximum absolute atomic E-state index is 13.0. The molecule has 0 aromatic heterocycles. The van der Waals surface area contributed by atoms with Gasteiger partial charge in [0.25, 0.3) is 10.0 Å². The Bertz CT molecular complexity index is 1340. The molecule has 1 atom stereocenters. The zero-order valence-electron chi connectivity index (χ0n) is 18.4. The number of fused-ring (bicyclic) bond motifs is 2. The van der Waals surface area contributed by atoms with Gasteiger partial charge in [0.05, 0.1) is 4.90 Å². The Morgan fingerprint density at radius 3 is 2.48 bits per heavy atom. The third kappa shape index (κ3) is 4.24. The van der Waals surface area contributed by atoms with Gasteiger partial charge >= 0.3 is 0 Å². The SMILES string of the molecule is C[C@H](N=C1NS(=O)(=O)c2ccccc21)C(=O)N1CCN(Cc2cccc3ccccc23)CC1. The molecule has 0 saturated carbocycles. The summed E-state index contributed by atoms with van der Waals surface area (Å²) in [6, 6.07) is 20.8. The van der Waals surface area contributed by atoms with Crippen LogP contribution in [0.5, 0.6) is 0 Å². The zero-order chi connectivity index (χ0) is 23.0. The molecule has 8 heteroatoms. The number of piperazine rings is 1. The smallest absolute Gasteiger partial charge is 0.263 e. The molecular weight excluding hydrogens is 436 g/mol. The Hall–Kier alpha value is -3.23. The second-order valence-corrected chi connectivity index (χ2v) is 10.1. The van der Waals surface area contributed by atoms with E-state index in [-0.39, 0.29) is 16.6 Å². The van der Waals surface area contributed by atoms with Crippen molar-refractivity contribution in [2.24, 2.45) is 4.99 Å². The van der Waals surface area contributed by atoms with E-state index in [1.165, 1.54) is 16.3 Å². The van der Waals surface area contributed by atoms with Crippen LogP contribution in [-0.2, 0) is 21.4 Å². The van der Waals surface area contributed by atoms with E-state index >= 15 is 0 Å². The van der Waals surface area contributed by atoms with Crippen LogP contribution in [0.1, 0.15) is 18.1 Å².